The molecule has 0 radical (unpaired) electrons. The summed E-state index contributed by atoms with van der Waals surface area (Å²) in [5, 5.41) is 9.67. The fourth-order valence-electron chi connectivity index (χ4n) is 3.11. The molecule has 0 saturated heterocycles. The Morgan fingerprint density at radius 1 is 1.06 bits per heavy atom. The number of oxazole rings is 2. The number of hydrogen-bond acceptors (Lipinski definition) is 7. The van der Waals surface area contributed by atoms with Crippen LogP contribution in [0.15, 0.2) is 74.7 Å². The molecule has 0 bridgehead atoms. The lowest BCUT2D eigenvalue weighted by Crippen LogP contribution is -2.15. The number of hydrogen-bond donors (Lipinski definition) is 1. The van der Waals surface area contributed by atoms with Gasteiger partial charge in [-0.1, -0.05) is 36.4 Å². The molecule has 0 aliphatic heterocycles. The number of ether oxygens (including phenoxy) is 2. The second kappa shape index (κ2) is 9.74. The molecule has 0 atom stereocenters. The Morgan fingerprint density at radius 2 is 1.91 bits per heavy atom. The van der Waals surface area contributed by atoms with E-state index in [0.29, 0.717) is 29.5 Å². The molecule has 32 heavy (non-hydrogen) atoms. The van der Waals surface area contributed by atoms with Gasteiger partial charge in [-0.25, -0.2) is 14.3 Å². The lowest BCUT2D eigenvalue weighted by atomic mass is 10.1. The molecule has 8 heteroatoms. The number of nitrogens with zero attached hydrogens (tertiary/aromatic N) is 2. The Kier molecular flexibility index (Phi) is 6.41. The minimum atomic E-state index is -0.601. The van der Waals surface area contributed by atoms with Gasteiger partial charge in [0.2, 0.25) is 11.8 Å². The van der Waals surface area contributed by atoms with Crippen LogP contribution in [0.2, 0.25) is 0 Å². The lowest BCUT2D eigenvalue weighted by Gasteiger charge is -2.11. The van der Waals surface area contributed by atoms with Crippen molar-refractivity contribution in [3.05, 3.63) is 94.3 Å². The zero-order valence-electron chi connectivity index (χ0n) is 17.4. The molecule has 8 nitrogen and oxygen atoms in total. The molecule has 0 spiro atoms. The minimum absolute atomic E-state index is 0.199. The van der Waals surface area contributed by atoms with Gasteiger partial charge in [0.1, 0.15) is 18.6 Å². The number of methoxy groups -OCH3 is 1. The summed E-state index contributed by atoms with van der Waals surface area (Å²) in [7, 11) is 1.56. The maximum atomic E-state index is 11.6. The van der Waals surface area contributed by atoms with E-state index in [0.717, 1.165) is 22.0 Å². The standard InChI is InChI=1S/C24H22N2O6/c1-29-20-9-7-18(11-12-26-23(27)16-32-24(26)28)13-21(20)30-14-19-15-31-22(25-19)10-8-17-5-3-2-4-6-17/h2-10,13,15-16,27H,11-12,14H2,1H3. The first-order chi connectivity index (χ1) is 15.6. The topological polar surface area (TPSA) is 99.9 Å². The molecule has 4 rings (SSSR count). The van der Waals surface area contributed by atoms with Gasteiger partial charge in [0.15, 0.2) is 17.8 Å². The van der Waals surface area contributed by atoms with Gasteiger partial charge < -0.3 is 23.4 Å². The molecular weight excluding hydrogens is 412 g/mol. The van der Waals surface area contributed by atoms with E-state index in [9.17, 15) is 9.90 Å². The Bertz CT molecular complexity index is 1250. The SMILES string of the molecule is COc1ccc(CCn2c(O)coc2=O)cc1OCc1coc(C=Cc2ccccc2)n1. The lowest BCUT2D eigenvalue weighted by molar-refractivity contribution is 0.280. The van der Waals surface area contributed by atoms with E-state index in [1.165, 1.54) is 0 Å². The molecule has 0 amide bonds. The van der Waals surface area contributed by atoms with E-state index in [4.69, 9.17) is 13.9 Å². The summed E-state index contributed by atoms with van der Waals surface area (Å²) in [6, 6.07) is 15.4. The van der Waals surface area contributed by atoms with E-state index in [2.05, 4.69) is 9.40 Å². The van der Waals surface area contributed by atoms with Gasteiger partial charge in [0.05, 0.1) is 7.11 Å². The number of aryl methyl sites for hydroxylation is 1. The third-order valence-electron chi connectivity index (χ3n) is 4.78. The van der Waals surface area contributed by atoms with Crippen LogP contribution in [0.3, 0.4) is 0 Å². The zero-order valence-corrected chi connectivity index (χ0v) is 17.4. The Balaban J connectivity index is 1.40. The van der Waals surface area contributed by atoms with Crippen LogP contribution in [0.25, 0.3) is 12.2 Å². The molecule has 0 aliphatic carbocycles. The van der Waals surface area contributed by atoms with Crippen molar-refractivity contribution in [2.24, 2.45) is 0 Å². The molecule has 0 saturated carbocycles. The fourth-order valence-corrected chi connectivity index (χ4v) is 3.11. The normalized spacial score (nSPS) is 11.2. The van der Waals surface area contributed by atoms with Crippen LogP contribution in [0.1, 0.15) is 22.7 Å². The summed E-state index contributed by atoms with van der Waals surface area (Å²) in [4.78, 5) is 16.0. The molecular formula is C24H22N2O6. The van der Waals surface area contributed by atoms with Crippen molar-refractivity contribution in [1.82, 2.24) is 9.55 Å². The molecule has 164 valence electrons. The van der Waals surface area contributed by atoms with Gasteiger partial charge in [0.25, 0.3) is 0 Å². The molecule has 0 fully saturated rings. The van der Waals surface area contributed by atoms with Crippen LogP contribution in [0.4, 0.5) is 0 Å². The highest BCUT2D eigenvalue weighted by atomic mass is 16.5. The first-order valence-corrected chi connectivity index (χ1v) is 9.97. The van der Waals surface area contributed by atoms with Crippen LogP contribution >= 0.6 is 0 Å². The summed E-state index contributed by atoms with van der Waals surface area (Å²) < 4.78 is 22.6. The first-order valence-electron chi connectivity index (χ1n) is 9.97. The predicted molar refractivity (Wildman–Crippen MR) is 118 cm³/mol. The van der Waals surface area contributed by atoms with Gasteiger partial charge >= 0.3 is 5.76 Å². The van der Waals surface area contributed by atoms with Crippen molar-refractivity contribution in [1.29, 1.82) is 0 Å². The molecule has 2 heterocycles. The number of aromatic hydroxyl groups is 1. The Morgan fingerprint density at radius 3 is 2.66 bits per heavy atom. The summed E-state index contributed by atoms with van der Waals surface area (Å²) in [5.74, 6) is 0.792. The highest BCUT2D eigenvalue weighted by Gasteiger charge is 2.11. The van der Waals surface area contributed by atoms with Gasteiger partial charge in [-0.2, -0.15) is 0 Å². The van der Waals surface area contributed by atoms with Crippen molar-refractivity contribution in [3.63, 3.8) is 0 Å². The van der Waals surface area contributed by atoms with Crippen LogP contribution < -0.4 is 15.2 Å². The van der Waals surface area contributed by atoms with Crippen molar-refractivity contribution < 1.29 is 23.4 Å². The number of aromatic nitrogens is 2. The van der Waals surface area contributed by atoms with E-state index in [1.54, 1.807) is 25.5 Å². The van der Waals surface area contributed by atoms with Crippen LogP contribution in [-0.4, -0.2) is 21.8 Å². The maximum absolute atomic E-state index is 11.6. The first kappa shape index (κ1) is 21.0. The quantitative estimate of drug-likeness (QED) is 0.423. The molecule has 0 unspecified atom stereocenters. The highest BCUT2D eigenvalue weighted by molar-refractivity contribution is 5.65. The van der Waals surface area contributed by atoms with E-state index < -0.39 is 5.76 Å². The van der Waals surface area contributed by atoms with Gasteiger partial charge in [-0.15, -0.1) is 0 Å². The van der Waals surface area contributed by atoms with Crippen LogP contribution in [-0.2, 0) is 19.6 Å². The molecule has 0 aliphatic rings. The fraction of sp³-hybridized carbons (Fsp3) is 0.167. The minimum Gasteiger partial charge on any atom is -0.493 e. The largest absolute Gasteiger partial charge is 0.493 e. The van der Waals surface area contributed by atoms with E-state index in [1.807, 2.05) is 48.5 Å². The molecule has 2 aromatic carbocycles. The average Bonchev–Trinajstić information content (AvgIpc) is 3.41. The van der Waals surface area contributed by atoms with Crippen molar-refractivity contribution in [2.75, 3.05) is 7.11 Å². The summed E-state index contributed by atoms with van der Waals surface area (Å²) in [6.45, 7) is 0.470. The molecule has 2 aromatic heterocycles. The molecule has 1 N–H and O–H groups in total. The summed E-state index contributed by atoms with van der Waals surface area (Å²) in [5.41, 5.74) is 2.59. The summed E-state index contributed by atoms with van der Waals surface area (Å²) >= 11 is 0. The van der Waals surface area contributed by atoms with Crippen molar-refractivity contribution in [2.45, 2.75) is 19.6 Å². The zero-order chi connectivity index (χ0) is 22.3. The van der Waals surface area contributed by atoms with Crippen molar-refractivity contribution in [3.8, 4) is 17.4 Å². The van der Waals surface area contributed by atoms with Crippen LogP contribution in [0.5, 0.6) is 17.4 Å². The average molecular weight is 434 g/mol. The predicted octanol–water partition coefficient (Wildman–Crippen LogP) is 4.14. The highest BCUT2D eigenvalue weighted by Crippen LogP contribution is 2.29. The van der Waals surface area contributed by atoms with Crippen LogP contribution in [0, 0.1) is 0 Å². The van der Waals surface area contributed by atoms with E-state index in [-0.39, 0.29) is 19.0 Å². The second-order valence-corrected chi connectivity index (χ2v) is 6.96. The third kappa shape index (κ3) is 5.10. The Hall–Kier alpha value is -4.20. The third-order valence-corrected chi connectivity index (χ3v) is 4.78. The smallest absolute Gasteiger partial charge is 0.421 e. The molecule has 4 aromatic rings. The Labute approximate surface area is 184 Å². The van der Waals surface area contributed by atoms with E-state index >= 15 is 0 Å². The summed E-state index contributed by atoms with van der Waals surface area (Å²) in [6.07, 6.45) is 6.78. The van der Waals surface area contributed by atoms with Crippen molar-refractivity contribution >= 4 is 12.2 Å². The van der Waals surface area contributed by atoms with Gasteiger partial charge in [-0.3, -0.25) is 0 Å². The van der Waals surface area contributed by atoms with Gasteiger partial charge in [-0.05, 0) is 35.8 Å². The second-order valence-electron chi connectivity index (χ2n) is 6.96. The monoisotopic (exact) mass is 434 g/mol. The maximum Gasteiger partial charge on any atom is 0.421 e. The number of benzene rings is 2. The van der Waals surface area contributed by atoms with Gasteiger partial charge in [0, 0.05) is 12.6 Å². The number of rotatable bonds is 9.